The third-order valence-electron chi connectivity index (χ3n) is 7.21. The summed E-state index contributed by atoms with van der Waals surface area (Å²) in [5.41, 5.74) is 4.37. The zero-order chi connectivity index (χ0) is 22.7. The van der Waals surface area contributed by atoms with Gasteiger partial charge in [-0.25, -0.2) is 0 Å². The van der Waals surface area contributed by atoms with E-state index in [0.29, 0.717) is 42.9 Å². The second-order valence-corrected chi connectivity index (χ2v) is 9.78. The first kappa shape index (κ1) is 21.5. The van der Waals surface area contributed by atoms with Gasteiger partial charge in [0, 0.05) is 17.9 Å². The van der Waals surface area contributed by atoms with Crippen molar-refractivity contribution in [2.45, 2.75) is 63.9 Å². The lowest BCUT2D eigenvalue weighted by Gasteiger charge is -2.41. The average Bonchev–Trinajstić information content (AvgIpc) is 3.24. The van der Waals surface area contributed by atoms with E-state index in [4.69, 9.17) is 21.1 Å². The van der Waals surface area contributed by atoms with Gasteiger partial charge in [0.2, 0.25) is 0 Å². The van der Waals surface area contributed by atoms with Gasteiger partial charge in [0.05, 0.1) is 23.8 Å². The number of halogens is 1. The summed E-state index contributed by atoms with van der Waals surface area (Å²) < 4.78 is 12.0. The monoisotopic (exact) mass is 453 g/mol. The van der Waals surface area contributed by atoms with Crippen molar-refractivity contribution in [3.05, 3.63) is 63.9 Å². The van der Waals surface area contributed by atoms with Crippen molar-refractivity contribution in [1.82, 2.24) is 5.32 Å². The molecule has 1 saturated heterocycles. The molecule has 2 aromatic carbocycles. The normalized spacial score (nSPS) is 29.9. The van der Waals surface area contributed by atoms with Crippen LogP contribution in [0.1, 0.15) is 49.3 Å². The Morgan fingerprint density at radius 1 is 1.06 bits per heavy atom. The number of aryl methyl sites for hydroxylation is 1. The number of aliphatic hydroxyl groups excluding tert-OH is 1. The molecular formula is C26H28ClNO4. The number of amides is 1. The van der Waals surface area contributed by atoms with Crippen molar-refractivity contribution in [3.8, 4) is 11.1 Å². The lowest BCUT2D eigenvalue weighted by Crippen LogP contribution is -2.51. The molecule has 1 saturated carbocycles. The Morgan fingerprint density at radius 2 is 1.75 bits per heavy atom. The Balaban J connectivity index is 1.53. The Labute approximate surface area is 193 Å². The molecule has 6 heteroatoms. The number of nitrogens with one attached hydrogen (secondary N) is 1. The molecule has 0 bridgehead atoms. The highest BCUT2D eigenvalue weighted by Crippen LogP contribution is 2.48. The lowest BCUT2D eigenvalue weighted by atomic mass is 9.77. The second kappa shape index (κ2) is 7.62. The van der Waals surface area contributed by atoms with E-state index in [1.807, 2.05) is 51.1 Å². The SMILES string of the molecule is Cc1ccc(-c2ccc(Cl)cc2)c(C)c1C1=C(O)C2(CCC3(CC2)OCC(C)O3)NC1=O. The van der Waals surface area contributed by atoms with Crippen molar-refractivity contribution in [1.29, 1.82) is 0 Å². The van der Waals surface area contributed by atoms with E-state index in [0.717, 1.165) is 27.8 Å². The molecule has 5 nitrogen and oxygen atoms in total. The van der Waals surface area contributed by atoms with E-state index in [1.165, 1.54) is 0 Å². The fraction of sp³-hybridized carbons (Fsp3) is 0.423. The summed E-state index contributed by atoms with van der Waals surface area (Å²) in [7, 11) is 0. The van der Waals surface area contributed by atoms with E-state index in [2.05, 4.69) is 11.4 Å². The van der Waals surface area contributed by atoms with E-state index in [1.54, 1.807) is 0 Å². The highest BCUT2D eigenvalue weighted by Gasteiger charge is 2.54. The van der Waals surface area contributed by atoms with Gasteiger partial charge in [0.15, 0.2) is 5.79 Å². The summed E-state index contributed by atoms with van der Waals surface area (Å²) in [4.78, 5) is 13.2. The van der Waals surface area contributed by atoms with Crippen molar-refractivity contribution < 1.29 is 19.4 Å². The van der Waals surface area contributed by atoms with Crippen LogP contribution < -0.4 is 5.32 Å². The maximum absolute atomic E-state index is 13.2. The van der Waals surface area contributed by atoms with Crippen molar-refractivity contribution in [2.75, 3.05) is 6.61 Å². The molecule has 2 aliphatic heterocycles. The maximum atomic E-state index is 13.2. The van der Waals surface area contributed by atoms with Gasteiger partial charge in [-0.3, -0.25) is 4.79 Å². The average molecular weight is 454 g/mol. The van der Waals surface area contributed by atoms with E-state index >= 15 is 0 Å². The third-order valence-corrected chi connectivity index (χ3v) is 7.46. The summed E-state index contributed by atoms with van der Waals surface area (Å²) in [6.07, 6.45) is 2.50. The minimum Gasteiger partial charge on any atom is -0.509 e. The zero-order valence-electron chi connectivity index (χ0n) is 18.6. The molecule has 1 unspecified atom stereocenters. The maximum Gasteiger partial charge on any atom is 0.256 e. The van der Waals surface area contributed by atoms with Gasteiger partial charge in [-0.1, -0.05) is 35.9 Å². The molecule has 2 N–H and O–H groups in total. The molecule has 0 aromatic heterocycles. The van der Waals surface area contributed by atoms with Gasteiger partial charge >= 0.3 is 0 Å². The lowest BCUT2D eigenvalue weighted by molar-refractivity contribution is -0.193. The van der Waals surface area contributed by atoms with Crippen LogP contribution in [0.15, 0.2) is 42.2 Å². The molecule has 3 aliphatic rings. The Morgan fingerprint density at radius 3 is 2.38 bits per heavy atom. The fourth-order valence-corrected chi connectivity index (χ4v) is 5.60. The van der Waals surface area contributed by atoms with Gasteiger partial charge in [-0.15, -0.1) is 0 Å². The van der Waals surface area contributed by atoms with E-state index in [9.17, 15) is 9.90 Å². The van der Waals surface area contributed by atoms with Crippen LogP contribution in [0, 0.1) is 13.8 Å². The van der Waals surface area contributed by atoms with Crippen molar-refractivity contribution >= 4 is 23.1 Å². The van der Waals surface area contributed by atoms with Crippen LogP contribution >= 0.6 is 11.6 Å². The summed E-state index contributed by atoms with van der Waals surface area (Å²) in [6.45, 7) is 6.57. The molecule has 1 aliphatic carbocycles. The third kappa shape index (κ3) is 3.35. The number of benzene rings is 2. The molecule has 2 fully saturated rings. The van der Waals surface area contributed by atoms with Crippen LogP contribution in [0.25, 0.3) is 16.7 Å². The van der Waals surface area contributed by atoms with E-state index in [-0.39, 0.29) is 17.8 Å². The smallest absolute Gasteiger partial charge is 0.256 e. The number of hydrogen-bond acceptors (Lipinski definition) is 4. The highest BCUT2D eigenvalue weighted by molar-refractivity contribution is 6.30. The predicted octanol–water partition coefficient (Wildman–Crippen LogP) is 5.47. The molecule has 2 aromatic rings. The first-order valence-corrected chi connectivity index (χ1v) is 11.6. The second-order valence-electron chi connectivity index (χ2n) is 9.35. The summed E-state index contributed by atoms with van der Waals surface area (Å²) in [5, 5.41) is 15.2. The molecule has 2 spiro atoms. The highest BCUT2D eigenvalue weighted by atomic mass is 35.5. The summed E-state index contributed by atoms with van der Waals surface area (Å²) >= 11 is 6.06. The Bertz CT molecular complexity index is 1110. The number of hydrogen-bond donors (Lipinski definition) is 2. The van der Waals surface area contributed by atoms with Crippen LogP contribution in [-0.2, 0) is 14.3 Å². The minimum absolute atomic E-state index is 0.0721. The fourth-order valence-electron chi connectivity index (χ4n) is 5.48. The molecule has 1 atom stereocenters. The number of aliphatic hydroxyl groups is 1. The number of ether oxygens (including phenoxy) is 2. The zero-order valence-corrected chi connectivity index (χ0v) is 19.4. The molecular weight excluding hydrogens is 426 g/mol. The van der Waals surface area contributed by atoms with Crippen molar-refractivity contribution in [2.24, 2.45) is 0 Å². The molecule has 1 amide bonds. The molecule has 5 rings (SSSR count). The van der Waals surface area contributed by atoms with Crippen LogP contribution in [0.3, 0.4) is 0 Å². The summed E-state index contributed by atoms with van der Waals surface area (Å²) in [5.74, 6) is -0.666. The number of carbonyl (C=O) groups is 1. The van der Waals surface area contributed by atoms with Gasteiger partial charge < -0.3 is 19.9 Å². The predicted molar refractivity (Wildman–Crippen MR) is 124 cm³/mol. The first-order valence-electron chi connectivity index (χ1n) is 11.2. The standard InChI is InChI=1S/C26H28ClNO4/c1-15-4-9-20(18-5-7-19(27)8-6-18)17(3)21(15)22-23(29)25(28-24(22)30)10-12-26(13-11-25)31-14-16(2)32-26/h4-9,16,29H,10-14H2,1-3H3,(H,28,30). The first-order chi connectivity index (χ1) is 15.2. The van der Waals surface area contributed by atoms with Crippen LogP contribution in [-0.4, -0.2) is 35.1 Å². The van der Waals surface area contributed by atoms with Gasteiger partial charge in [-0.2, -0.15) is 0 Å². The van der Waals surface area contributed by atoms with Crippen LogP contribution in [0.2, 0.25) is 5.02 Å². The van der Waals surface area contributed by atoms with Crippen molar-refractivity contribution in [3.63, 3.8) is 0 Å². The Hall–Kier alpha value is -2.34. The van der Waals surface area contributed by atoms with Gasteiger partial charge in [0.25, 0.3) is 5.91 Å². The van der Waals surface area contributed by atoms with E-state index < -0.39 is 11.3 Å². The largest absolute Gasteiger partial charge is 0.509 e. The molecule has 2 heterocycles. The van der Waals surface area contributed by atoms with Crippen LogP contribution in [0.5, 0.6) is 0 Å². The number of rotatable bonds is 2. The molecule has 168 valence electrons. The van der Waals surface area contributed by atoms with Gasteiger partial charge in [-0.05, 0) is 73.6 Å². The Kier molecular flexibility index (Phi) is 5.12. The van der Waals surface area contributed by atoms with Gasteiger partial charge in [0.1, 0.15) is 5.76 Å². The molecule has 32 heavy (non-hydrogen) atoms. The topological polar surface area (TPSA) is 67.8 Å². The minimum atomic E-state index is -0.759. The van der Waals surface area contributed by atoms with Crippen LogP contribution in [0.4, 0.5) is 0 Å². The quantitative estimate of drug-likeness (QED) is 0.633. The summed E-state index contributed by atoms with van der Waals surface area (Å²) in [6, 6.07) is 11.7. The number of carbonyl (C=O) groups excluding carboxylic acids is 1. The molecule has 0 radical (unpaired) electrons.